The second-order valence-electron chi connectivity index (χ2n) is 13.6. The minimum atomic E-state index is -4.61. The molecule has 16 nitrogen and oxygen atoms in total. The zero-order chi connectivity index (χ0) is 44.4. The maximum absolute atomic E-state index is 13.0. The highest BCUT2D eigenvalue weighted by Gasteiger charge is 2.33. The van der Waals surface area contributed by atoms with E-state index < -0.39 is 59.1 Å². The first kappa shape index (κ1) is 44.3. The quantitative estimate of drug-likeness (QED) is 0.117. The Morgan fingerprint density at radius 1 is 0.656 bits per heavy atom. The van der Waals surface area contributed by atoms with E-state index in [0.717, 1.165) is 29.6 Å². The summed E-state index contributed by atoms with van der Waals surface area (Å²) in [6.45, 7) is 1.84. The van der Waals surface area contributed by atoms with Crippen LogP contribution in [0.1, 0.15) is 43.2 Å². The molecule has 0 aliphatic carbocycles. The van der Waals surface area contributed by atoms with E-state index in [-0.39, 0.29) is 35.2 Å². The highest BCUT2D eigenvalue weighted by atomic mass is 19.4. The molecule has 2 aromatic carbocycles. The molecule has 19 heteroatoms. The number of nitrogens with zero attached hydrogens (tertiary/aromatic N) is 6. The number of carbonyl (C=O) groups is 6. The van der Waals surface area contributed by atoms with Crippen molar-refractivity contribution in [1.82, 2.24) is 40.2 Å². The number of benzene rings is 2. The molecule has 6 rings (SSSR count). The van der Waals surface area contributed by atoms with Gasteiger partial charge in [-0.25, -0.2) is 0 Å². The van der Waals surface area contributed by atoms with Crippen molar-refractivity contribution < 1.29 is 41.9 Å². The number of aromatic nitrogens is 6. The molecule has 314 valence electrons. The number of ketones is 2. The Labute approximate surface area is 346 Å². The van der Waals surface area contributed by atoms with Crippen molar-refractivity contribution in [3.8, 4) is 22.6 Å². The van der Waals surface area contributed by atoms with E-state index >= 15 is 0 Å². The molecule has 0 fully saturated rings. The predicted octanol–water partition coefficient (Wildman–Crippen LogP) is 3.08. The standard InChI is InChI=1S/C21H18F3N5O3.C21H21N5O3/c1-29-11-14(17(28-29)13-7-8-16(26-10-13)21(22,23)24)20(32)27-15(18(30)19(25)31)9-12-5-3-2-4-6-12;1-13-7-6-10-16(23-13)18-15(12-26(2)25-18)21(29)24-17(19(27)20(22)28)11-14-8-4-3-5-9-14/h2-8,10-11,15H,9H2,1H3,(H2,25,31)(H,27,32);3-10,12,17H,11H2,1-2H3,(H2,22,28)(H,24,29). The van der Waals surface area contributed by atoms with Crippen LogP contribution in [-0.2, 0) is 52.3 Å². The van der Waals surface area contributed by atoms with Gasteiger partial charge in [-0.05, 0) is 42.3 Å². The van der Waals surface area contributed by atoms with Gasteiger partial charge in [-0.15, -0.1) is 0 Å². The maximum Gasteiger partial charge on any atom is 0.433 e. The number of pyridine rings is 2. The number of hydrogen-bond donors (Lipinski definition) is 4. The second kappa shape index (κ2) is 19.3. The van der Waals surface area contributed by atoms with Crippen molar-refractivity contribution in [3.63, 3.8) is 0 Å². The van der Waals surface area contributed by atoms with Gasteiger partial charge in [-0.1, -0.05) is 66.7 Å². The van der Waals surface area contributed by atoms with Crippen LogP contribution in [0.2, 0.25) is 0 Å². The summed E-state index contributed by atoms with van der Waals surface area (Å²) in [6.07, 6.45) is -0.599. The van der Waals surface area contributed by atoms with Crippen molar-refractivity contribution in [2.75, 3.05) is 0 Å². The fourth-order valence-electron chi connectivity index (χ4n) is 6.02. The Bertz CT molecular complexity index is 2560. The summed E-state index contributed by atoms with van der Waals surface area (Å²) >= 11 is 0. The number of nitrogens with one attached hydrogen (secondary N) is 2. The van der Waals surface area contributed by atoms with Gasteiger partial charge in [0.1, 0.15) is 29.2 Å². The molecule has 0 radical (unpaired) electrons. The molecule has 0 saturated carbocycles. The van der Waals surface area contributed by atoms with Crippen LogP contribution in [0, 0.1) is 6.92 Å². The van der Waals surface area contributed by atoms with Gasteiger partial charge in [0.15, 0.2) is 0 Å². The first-order chi connectivity index (χ1) is 28.9. The first-order valence-electron chi connectivity index (χ1n) is 18.3. The first-order valence-corrected chi connectivity index (χ1v) is 18.3. The molecule has 0 aliphatic rings. The number of halogens is 3. The van der Waals surface area contributed by atoms with Gasteiger partial charge in [0.2, 0.25) is 11.6 Å². The van der Waals surface area contributed by atoms with Gasteiger partial charge >= 0.3 is 6.18 Å². The molecule has 0 aliphatic heterocycles. The van der Waals surface area contributed by atoms with Crippen LogP contribution in [-0.4, -0.2) is 76.8 Å². The van der Waals surface area contributed by atoms with Gasteiger partial charge in [-0.2, -0.15) is 23.4 Å². The number of alkyl halides is 3. The molecule has 4 heterocycles. The largest absolute Gasteiger partial charge is 0.433 e. The third-order valence-electron chi connectivity index (χ3n) is 8.90. The lowest BCUT2D eigenvalue weighted by atomic mass is 10.0. The lowest BCUT2D eigenvalue weighted by Gasteiger charge is -2.16. The Hall–Kier alpha value is -7.83. The molecular weight excluding hydrogens is 798 g/mol. The number of rotatable bonds is 14. The van der Waals surface area contributed by atoms with E-state index in [2.05, 4.69) is 30.8 Å². The van der Waals surface area contributed by atoms with Crippen molar-refractivity contribution in [2.45, 2.75) is 38.0 Å². The van der Waals surface area contributed by atoms with Crippen molar-refractivity contribution >= 4 is 35.2 Å². The summed E-state index contributed by atoms with van der Waals surface area (Å²) in [7, 11) is 3.21. The van der Waals surface area contributed by atoms with E-state index in [1.807, 2.05) is 37.3 Å². The van der Waals surface area contributed by atoms with E-state index in [0.29, 0.717) is 17.0 Å². The number of amides is 4. The van der Waals surface area contributed by atoms with Gasteiger partial charge in [-0.3, -0.25) is 48.1 Å². The molecule has 61 heavy (non-hydrogen) atoms. The molecule has 2 atom stereocenters. The number of primary amides is 2. The van der Waals surface area contributed by atoms with Crippen molar-refractivity contribution in [1.29, 1.82) is 0 Å². The molecule has 0 saturated heterocycles. The topological polar surface area (TPSA) is 240 Å². The molecule has 2 unspecified atom stereocenters. The van der Waals surface area contributed by atoms with Crippen LogP contribution < -0.4 is 22.1 Å². The maximum atomic E-state index is 13.0. The summed E-state index contributed by atoms with van der Waals surface area (Å²) in [5.41, 5.74) is 12.9. The summed E-state index contributed by atoms with van der Waals surface area (Å²) in [5.74, 6) is -5.43. The normalized spacial score (nSPS) is 12.0. The predicted molar refractivity (Wildman–Crippen MR) is 214 cm³/mol. The van der Waals surface area contributed by atoms with Crippen LogP contribution >= 0.6 is 0 Å². The zero-order valence-electron chi connectivity index (χ0n) is 32.9. The summed E-state index contributed by atoms with van der Waals surface area (Å²) in [4.78, 5) is 81.2. The molecular formula is C42H39F3N10O6. The highest BCUT2D eigenvalue weighted by Crippen LogP contribution is 2.29. The third-order valence-corrected chi connectivity index (χ3v) is 8.90. The fraction of sp³-hybridized carbons (Fsp3) is 0.190. The van der Waals surface area contributed by atoms with Crippen LogP contribution in [0.25, 0.3) is 22.6 Å². The molecule has 4 aromatic heterocycles. The monoisotopic (exact) mass is 836 g/mol. The Kier molecular flexibility index (Phi) is 14.0. The smallest absolute Gasteiger partial charge is 0.363 e. The summed E-state index contributed by atoms with van der Waals surface area (Å²) in [5, 5.41) is 13.6. The Morgan fingerprint density at radius 3 is 1.56 bits per heavy atom. The van der Waals surface area contributed by atoms with Crippen molar-refractivity contribution in [2.24, 2.45) is 25.6 Å². The van der Waals surface area contributed by atoms with Gasteiger partial charge in [0, 0.05) is 56.8 Å². The van der Waals surface area contributed by atoms with E-state index in [4.69, 9.17) is 11.5 Å². The fourth-order valence-corrected chi connectivity index (χ4v) is 6.02. The Morgan fingerprint density at radius 2 is 1.13 bits per heavy atom. The number of hydrogen-bond acceptors (Lipinski definition) is 10. The van der Waals surface area contributed by atoms with Crippen molar-refractivity contribution in [3.05, 3.63) is 143 Å². The summed E-state index contributed by atoms with van der Waals surface area (Å²) in [6, 6.07) is 22.8. The third kappa shape index (κ3) is 11.6. The number of nitrogens with two attached hydrogens (primary N) is 2. The minimum absolute atomic E-state index is 0.00982. The lowest BCUT2D eigenvalue weighted by molar-refractivity contribution is -0.141. The van der Waals surface area contributed by atoms with Crippen LogP contribution in [0.15, 0.2) is 110 Å². The average molecular weight is 837 g/mol. The van der Waals surface area contributed by atoms with Crippen LogP contribution in [0.3, 0.4) is 0 Å². The lowest BCUT2D eigenvalue weighted by Crippen LogP contribution is -2.47. The highest BCUT2D eigenvalue weighted by molar-refractivity contribution is 6.38. The SMILES string of the molecule is Cc1cccc(-c2nn(C)cc2C(=O)NC(Cc2ccccc2)C(=O)C(N)=O)n1.Cn1cc(C(=O)NC(Cc2ccccc2)C(=O)C(N)=O)c(-c2ccc(C(F)(F)F)nc2)n1. The van der Waals surface area contributed by atoms with Gasteiger partial charge in [0.25, 0.3) is 23.6 Å². The zero-order valence-corrected chi connectivity index (χ0v) is 32.9. The van der Waals surface area contributed by atoms with Crippen LogP contribution in [0.5, 0.6) is 0 Å². The van der Waals surface area contributed by atoms with E-state index in [1.165, 1.54) is 22.6 Å². The Balaban J connectivity index is 0.000000232. The molecule has 4 amide bonds. The number of aryl methyl sites for hydroxylation is 3. The average Bonchev–Trinajstić information content (AvgIpc) is 3.83. The van der Waals surface area contributed by atoms with Crippen LogP contribution in [0.4, 0.5) is 13.2 Å². The minimum Gasteiger partial charge on any atom is -0.363 e. The van der Waals surface area contributed by atoms with E-state index in [9.17, 15) is 41.9 Å². The van der Waals surface area contributed by atoms with Gasteiger partial charge < -0.3 is 22.1 Å². The van der Waals surface area contributed by atoms with Gasteiger partial charge in [0.05, 0.1) is 16.8 Å². The number of carbonyl (C=O) groups excluding carboxylic acids is 6. The summed E-state index contributed by atoms with van der Waals surface area (Å²) < 4.78 is 41.1. The molecule has 0 bridgehead atoms. The second-order valence-corrected chi connectivity index (χ2v) is 13.6. The number of Topliss-reactive ketones (excluding diaryl/α,β-unsaturated/α-hetero) is 2. The molecule has 6 N–H and O–H groups in total. The van der Waals surface area contributed by atoms with E-state index in [1.54, 1.807) is 61.8 Å². The molecule has 0 spiro atoms. The molecule has 6 aromatic rings.